The van der Waals surface area contributed by atoms with Crippen molar-refractivity contribution in [3.63, 3.8) is 0 Å². The lowest BCUT2D eigenvalue weighted by Gasteiger charge is -2.27. The summed E-state index contributed by atoms with van der Waals surface area (Å²) in [5.74, 6) is -0.564. The van der Waals surface area contributed by atoms with Crippen LogP contribution in [0.25, 0.3) is 21.5 Å². The summed E-state index contributed by atoms with van der Waals surface area (Å²) < 4.78 is 14.7. The third-order valence-corrected chi connectivity index (χ3v) is 5.94. The number of fused-ring (bicyclic) bond motifs is 5. The Morgan fingerprint density at radius 3 is 2.50 bits per heavy atom. The van der Waals surface area contributed by atoms with Crippen molar-refractivity contribution < 1.29 is 9.31 Å². The summed E-state index contributed by atoms with van der Waals surface area (Å²) >= 11 is 0. The third kappa shape index (κ3) is 2.56. The van der Waals surface area contributed by atoms with Crippen molar-refractivity contribution in [2.75, 3.05) is 0 Å². The fourth-order valence-corrected chi connectivity index (χ4v) is 4.65. The minimum absolute atomic E-state index is 0.0691. The maximum Gasteiger partial charge on any atom is 0.272 e. The van der Waals surface area contributed by atoms with E-state index in [1.165, 1.54) is 33.2 Å². The number of aryl methyl sites for hydroxylation is 1. The topological polar surface area (TPSA) is 43.1 Å². The van der Waals surface area contributed by atoms with Crippen LogP contribution in [0, 0.1) is 15.9 Å². The van der Waals surface area contributed by atoms with Crippen LogP contribution < -0.4 is 0 Å². The number of nitro benzene ring substituents is 1. The third-order valence-electron chi connectivity index (χ3n) is 5.94. The van der Waals surface area contributed by atoms with Crippen LogP contribution in [0.1, 0.15) is 35.4 Å². The number of nitro groups is 1. The molecule has 4 aromatic carbocycles. The lowest BCUT2D eigenvalue weighted by molar-refractivity contribution is -0.385. The van der Waals surface area contributed by atoms with E-state index in [4.69, 9.17) is 0 Å². The second kappa shape index (κ2) is 6.41. The van der Waals surface area contributed by atoms with Crippen molar-refractivity contribution in [2.45, 2.75) is 25.2 Å². The molecule has 0 spiro atoms. The van der Waals surface area contributed by atoms with E-state index in [1.54, 1.807) is 6.07 Å². The zero-order chi connectivity index (χ0) is 19.3. The molecule has 0 aromatic heterocycles. The Morgan fingerprint density at radius 2 is 1.68 bits per heavy atom. The summed E-state index contributed by atoms with van der Waals surface area (Å²) in [5.41, 5.74) is 2.76. The molecule has 28 heavy (non-hydrogen) atoms. The summed E-state index contributed by atoms with van der Waals surface area (Å²) in [4.78, 5) is 10.4. The number of hydrogen-bond acceptors (Lipinski definition) is 2. The predicted molar refractivity (Wildman–Crippen MR) is 109 cm³/mol. The Hall–Kier alpha value is -3.27. The molecular formula is C24H18FNO2. The summed E-state index contributed by atoms with van der Waals surface area (Å²) in [6.07, 6.45) is 2.79. The van der Waals surface area contributed by atoms with Crippen molar-refractivity contribution in [1.29, 1.82) is 0 Å². The van der Waals surface area contributed by atoms with Gasteiger partial charge >= 0.3 is 0 Å². The molecule has 0 aliphatic heterocycles. The zero-order valence-electron chi connectivity index (χ0n) is 15.2. The van der Waals surface area contributed by atoms with Gasteiger partial charge in [0.15, 0.2) is 0 Å². The van der Waals surface area contributed by atoms with Crippen LogP contribution >= 0.6 is 0 Å². The van der Waals surface area contributed by atoms with E-state index in [2.05, 4.69) is 42.5 Å². The first-order valence-electron chi connectivity index (χ1n) is 9.50. The monoisotopic (exact) mass is 371 g/mol. The Morgan fingerprint density at radius 1 is 0.893 bits per heavy atom. The molecule has 0 radical (unpaired) electrons. The highest BCUT2D eigenvalue weighted by molar-refractivity contribution is 6.08. The largest absolute Gasteiger partial charge is 0.272 e. The van der Waals surface area contributed by atoms with Gasteiger partial charge in [0.2, 0.25) is 0 Å². The van der Waals surface area contributed by atoms with Gasteiger partial charge in [-0.25, -0.2) is 4.39 Å². The Balaban J connectivity index is 1.69. The van der Waals surface area contributed by atoms with Crippen LogP contribution in [-0.2, 0) is 6.42 Å². The molecule has 3 nitrogen and oxygen atoms in total. The molecular weight excluding hydrogens is 353 g/mol. The van der Waals surface area contributed by atoms with E-state index in [0.717, 1.165) is 30.9 Å². The lowest BCUT2D eigenvalue weighted by Crippen LogP contribution is -2.13. The Bertz CT molecular complexity index is 1250. The van der Waals surface area contributed by atoms with Gasteiger partial charge in [-0.3, -0.25) is 10.1 Å². The first-order valence-corrected chi connectivity index (χ1v) is 9.50. The summed E-state index contributed by atoms with van der Waals surface area (Å²) in [7, 11) is 0. The minimum atomic E-state index is -0.555. The zero-order valence-corrected chi connectivity index (χ0v) is 15.2. The second-order valence-corrected chi connectivity index (χ2v) is 7.42. The van der Waals surface area contributed by atoms with Gasteiger partial charge in [-0.1, -0.05) is 48.5 Å². The highest BCUT2D eigenvalue weighted by atomic mass is 19.1. The van der Waals surface area contributed by atoms with Crippen molar-refractivity contribution in [3.05, 3.63) is 99.4 Å². The van der Waals surface area contributed by atoms with Crippen LogP contribution in [0.3, 0.4) is 0 Å². The Labute approximate surface area is 161 Å². The van der Waals surface area contributed by atoms with Gasteiger partial charge in [0.05, 0.1) is 11.0 Å². The van der Waals surface area contributed by atoms with Crippen LogP contribution in [0.4, 0.5) is 10.1 Å². The maximum absolute atomic E-state index is 14.7. The van der Waals surface area contributed by atoms with Gasteiger partial charge in [0.1, 0.15) is 5.82 Å². The van der Waals surface area contributed by atoms with Gasteiger partial charge in [0, 0.05) is 12.0 Å². The van der Waals surface area contributed by atoms with Gasteiger partial charge < -0.3 is 0 Å². The molecule has 0 saturated heterocycles. The highest BCUT2D eigenvalue weighted by Gasteiger charge is 2.26. The molecule has 1 atom stereocenters. The van der Waals surface area contributed by atoms with E-state index >= 15 is 0 Å². The molecule has 4 aromatic rings. The normalized spacial score (nSPS) is 16.2. The van der Waals surface area contributed by atoms with Crippen molar-refractivity contribution in [2.24, 2.45) is 0 Å². The SMILES string of the molecule is O=[N+]([O-])c1ccc(C2CCCc3c2ccc2c3ccc3ccccc32)c(F)c1. The number of benzene rings is 4. The summed E-state index contributed by atoms with van der Waals surface area (Å²) in [6, 6.07) is 20.9. The van der Waals surface area contributed by atoms with E-state index < -0.39 is 10.7 Å². The smallest absolute Gasteiger partial charge is 0.258 e. The van der Waals surface area contributed by atoms with E-state index in [1.807, 2.05) is 6.07 Å². The number of nitrogens with zero attached hydrogens (tertiary/aromatic N) is 1. The number of hydrogen-bond donors (Lipinski definition) is 0. The van der Waals surface area contributed by atoms with E-state index in [0.29, 0.717) is 5.56 Å². The number of rotatable bonds is 2. The molecule has 0 heterocycles. The summed E-state index contributed by atoms with van der Waals surface area (Å²) in [5, 5.41) is 15.8. The molecule has 5 rings (SSSR count). The fourth-order valence-electron chi connectivity index (χ4n) is 4.65. The van der Waals surface area contributed by atoms with Gasteiger partial charge in [-0.15, -0.1) is 0 Å². The molecule has 0 amide bonds. The van der Waals surface area contributed by atoms with Crippen LogP contribution in [0.5, 0.6) is 0 Å². The maximum atomic E-state index is 14.7. The molecule has 0 fully saturated rings. The molecule has 0 saturated carbocycles. The average molecular weight is 371 g/mol. The molecule has 1 aliphatic rings. The molecule has 4 heteroatoms. The molecule has 0 N–H and O–H groups in total. The van der Waals surface area contributed by atoms with Crippen LogP contribution in [0.2, 0.25) is 0 Å². The van der Waals surface area contributed by atoms with E-state index in [-0.39, 0.29) is 11.6 Å². The van der Waals surface area contributed by atoms with E-state index in [9.17, 15) is 14.5 Å². The first-order chi connectivity index (χ1) is 13.6. The lowest BCUT2D eigenvalue weighted by atomic mass is 9.76. The van der Waals surface area contributed by atoms with Gasteiger partial charge in [-0.2, -0.15) is 0 Å². The van der Waals surface area contributed by atoms with Crippen molar-refractivity contribution >= 4 is 27.2 Å². The molecule has 1 aliphatic carbocycles. The number of halogens is 1. The average Bonchev–Trinajstić information content (AvgIpc) is 2.72. The standard InChI is InChI=1S/C24H18FNO2/c25-24-14-16(26(27)28)9-11-23(24)19-7-3-6-18-21-10-8-15-4-1-2-5-17(15)20(21)12-13-22(18)19/h1-2,4-5,8-14,19H,3,6-7H2. The molecule has 138 valence electrons. The van der Waals surface area contributed by atoms with Crippen LogP contribution in [-0.4, -0.2) is 4.92 Å². The second-order valence-electron chi connectivity index (χ2n) is 7.42. The first kappa shape index (κ1) is 16.9. The number of non-ortho nitro benzene ring substituents is 1. The van der Waals surface area contributed by atoms with Crippen molar-refractivity contribution in [1.82, 2.24) is 0 Å². The predicted octanol–water partition coefficient (Wildman–Crippen LogP) is 6.51. The van der Waals surface area contributed by atoms with Gasteiger partial charge in [0.25, 0.3) is 5.69 Å². The van der Waals surface area contributed by atoms with Gasteiger partial charge in [-0.05, 0) is 63.6 Å². The minimum Gasteiger partial charge on any atom is -0.258 e. The van der Waals surface area contributed by atoms with Crippen LogP contribution in [0.15, 0.2) is 66.7 Å². The fraction of sp³-hybridized carbons (Fsp3) is 0.167. The molecule has 1 unspecified atom stereocenters. The molecule has 0 bridgehead atoms. The van der Waals surface area contributed by atoms with Crippen molar-refractivity contribution in [3.8, 4) is 0 Å². The highest BCUT2D eigenvalue weighted by Crippen LogP contribution is 2.42. The summed E-state index contributed by atoms with van der Waals surface area (Å²) in [6.45, 7) is 0. The quantitative estimate of drug-likeness (QED) is 0.229. The Kier molecular flexibility index (Phi) is 3.86.